The molecule has 130 valence electrons. The van der Waals surface area contributed by atoms with Gasteiger partial charge in [0.05, 0.1) is 11.6 Å². The first kappa shape index (κ1) is 16.3. The van der Waals surface area contributed by atoms with Crippen molar-refractivity contribution in [1.82, 2.24) is 0 Å². The van der Waals surface area contributed by atoms with Gasteiger partial charge in [-0.2, -0.15) is 0 Å². The SMILES string of the molecule is Cc1cccc(NC(=O)C2CC(=O)N(c3cccc4ccccc34)C2)c1. The number of carbonyl (C=O) groups is 2. The molecule has 0 radical (unpaired) electrons. The van der Waals surface area contributed by atoms with Gasteiger partial charge in [0.2, 0.25) is 11.8 Å². The van der Waals surface area contributed by atoms with Crippen molar-refractivity contribution in [3.05, 3.63) is 72.3 Å². The molecular weight excluding hydrogens is 324 g/mol. The van der Waals surface area contributed by atoms with Crippen molar-refractivity contribution in [3.63, 3.8) is 0 Å². The van der Waals surface area contributed by atoms with Gasteiger partial charge in [-0.3, -0.25) is 9.59 Å². The number of aryl methyl sites for hydroxylation is 1. The summed E-state index contributed by atoms with van der Waals surface area (Å²) in [5.41, 5.74) is 2.73. The molecule has 1 atom stereocenters. The first-order chi connectivity index (χ1) is 12.6. The molecule has 4 heteroatoms. The van der Waals surface area contributed by atoms with Crippen molar-refractivity contribution in [2.24, 2.45) is 5.92 Å². The first-order valence-corrected chi connectivity index (χ1v) is 8.77. The zero-order chi connectivity index (χ0) is 18.1. The van der Waals surface area contributed by atoms with Gasteiger partial charge in [0.15, 0.2) is 0 Å². The highest BCUT2D eigenvalue weighted by atomic mass is 16.2. The van der Waals surface area contributed by atoms with Crippen LogP contribution in [-0.4, -0.2) is 18.4 Å². The van der Waals surface area contributed by atoms with Crippen molar-refractivity contribution < 1.29 is 9.59 Å². The van der Waals surface area contributed by atoms with Crippen LogP contribution in [0.15, 0.2) is 66.7 Å². The normalized spacial score (nSPS) is 16.9. The fraction of sp³-hybridized carbons (Fsp3) is 0.182. The third-order valence-corrected chi connectivity index (χ3v) is 4.84. The van der Waals surface area contributed by atoms with E-state index < -0.39 is 0 Å². The van der Waals surface area contributed by atoms with Crippen LogP contribution in [-0.2, 0) is 9.59 Å². The van der Waals surface area contributed by atoms with Crippen LogP contribution in [0.25, 0.3) is 10.8 Å². The van der Waals surface area contributed by atoms with Crippen LogP contribution < -0.4 is 10.2 Å². The molecule has 0 aliphatic carbocycles. The van der Waals surface area contributed by atoms with E-state index in [4.69, 9.17) is 0 Å². The molecule has 26 heavy (non-hydrogen) atoms. The Morgan fingerprint density at radius 2 is 1.81 bits per heavy atom. The van der Waals surface area contributed by atoms with Crippen molar-refractivity contribution in [2.75, 3.05) is 16.8 Å². The zero-order valence-corrected chi connectivity index (χ0v) is 14.6. The highest BCUT2D eigenvalue weighted by molar-refractivity contribution is 6.08. The number of anilines is 2. The lowest BCUT2D eigenvalue weighted by Gasteiger charge is -2.19. The minimum absolute atomic E-state index is 0.00857. The summed E-state index contributed by atoms with van der Waals surface area (Å²) in [5, 5.41) is 5.06. The Morgan fingerprint density at radius 3 is 2.65 bits per heavy atom. The lowest BCUT2D eigenvalue weighted by atomic mass is 10.1. The Morgan fingerprint density at radius 1 is 1.04 bits per heavy atom. The summed E-state index contributed by atoms with van der Waals surface area (Å²) in [7, 11) is 0. The monoisotopic (exact) mass is 344 g/mol. The maximum atomic E-state index is 12.6. The Balaban J connectivity index is 1.56. The minimum atomic E-state index is -0.345. The third kappa shape index (κ3) is 3.06. The van der Waals surface area contributed by atoms with E-state index in [-0.39, 0.29) is 24.2 Å². The lowest BCUT2D eigenvalue weighted by Crippen LogP contribution is -2.28. The van der Waals surface area contributed by atoms with Gasteiger partial charge >= 0.3 is 0 Å². The summed E-state index contributed by atoms with van der Waals surface area (Å²) < 4.78 is 0. The molecule has 0 aromatic heterocycles. The summed E-state index contributed by atoms with van der Waals surface area (Å²) in [6.07, 6.45) is 0.237. The molecule has 4 rings (SSSR count). The van der Waals surface area contributed by atoms with Crippen LogP contribution in [0.3, 0.4) is 0 Å². The number of hydrogen-bond acceptors (Lipinski definition) is 2. The molecule has 1 fully saturated rings. The molecule has 3 aromatic rings. The molecule has 1 aliphatic heterocycles. The molecule has 1 saturated heterocycles. The molecule has 0 saturated carbocycles. The fourth-order valence-corrected chi connectivity index (χ4v) is 3.53. The summed E-state index contributed by atoms with van der Waals surface area (Å²) in [4.78, 5) is 26.9. The smallest absolute Gasteiger partial charge is 0.229 e. The maximum absolute atomic E-state index is 12.6. The van der Waals surface area contributed by atoms with Crippen LogP contribution in [0, 0.1) is 12.8 Å². The van der Waals surface area contributed by atoms with Gasteiger partial charge in [0.1, 0.15) is 0 Å². The zero-order valence-electron chi connectivity index (χ0n) is 14.6. The quantitative estimate of drug-likeness (QED) is 0.776. The summed E-state index contributed by atoms with van der Waals surface area (Å²) >= 11 is 0. The molecular formula is C22H20N2O2. The second-order valence-electron chi connectivity index (χ2n) is 6.76. The molecule has 0 bridgehead atoms. The number of carbonyl (C=O) groups excluding carboxylic acids is 2. The van der Waals surface area contributed by atoms with Crippen molar-refractivity contribution in [1.29, 1.82) is 0 Å². The van der Waals surface area contributed by atoms with E-state index in [1.165, 1.54) is 0 Å². The second-order valence-corrected chi connectivity index (χ2v) is 6.76. The summed E-state index contributed by atoms with van der Waals surface area (Å²) in [5.74, 6) is -0.459. The van der Waals surface area contributed by atoms with Crippen LogP contribution in [0.2, 0.25) is 0 Å². The molecule has 0 spiro atoms. The van der Waals surface area contributed by atoms with Gasteiger partial charge in [-0.05, 0) is 36.1 Å². The van der Waals surface area contributed by atoms with Crippen LogP contribution in [0.4, 0.5) is 11.4 Å². The van der Waals surface area contributed by atoms with E-state index in [0.29, 0.717) is 6.54 Å². The Bertz CT molecular complexity index is 991. The Kier molecular flexibility index (Phi) is 4.17. The van der Waals surface area contributed by atoms with E-state index in [2.05, 4.69) is 5.32 Å². The van der Waals surface area contributed by atoms with Crippen molar-refractivity contribution in [3.8, 4) is 0 Å². The van der Waals surface area contributed by atoms with Crippen LogP contribution in [0.5, 0.6) is 0 Å². The third-order valence-electron chi connectivity index (χ3n) is 4.84. The lowest BCUT2D eigenvalue weighted by molar-refractivity contribution is -0.122. The molecule has 3 aromatic carbocycles. The fourth-order valence-electron chi connectivity index (χ4n) is 3.53. The van der Waals surface area contributed by atoms with Gasteiger partial charge in [0, 0.05) is 24.0 Å². The average Bonchev–Trinajstić information content (AvgIpc) is 3.03. The van der Waals surface area contributed by atoms with E-state index in [9.17, 15) is 9.59 Å². The highest BCUT2D eigenvalue weighted by Crippen LogP contribution is 2.32. The van der Waals surface area contributed by atoms with E-state index in [1.807, 2.05) is 73.7 Å². The Hall–Kier alpha value is -3.14. The van der Waals surface area contributed by atoms with Crippen molar-refractivity contribution in [2.45, 2.75) is 13.3 Å². The van der Waals surface area contributed by atoms with Gasteiger partial charge in [0.25, 0.3) is 0 Å². The predicted molar refractivity (Wildman–Crippen MR) is 104 cm³/mol. The largest absolute Gasteiger partial charge is 0.326 e. The molecule has 1 aliphatic rings. The van der Waals surface area contributed by atoms with E-state index >= 15 is 0 Å². The van der Waals surface area contributed by atoms with Crippen molar-refractivity contribution >= 4 is 34.0 Å². The number of nitrogens with zero attached hydrogens (tertiary/aromatic N) is 1. The minimum Gasteiger partial charge on any atom is -0.326 e. The molecule has 2 amide bonds. The van der Waals surface area contributed by atoms with Gasteiger partial charge < -0.3 is 10.2 Å². The first-order valence-electron chi connectivity index (χ1n) is 8.77. The number of amides is 2. The van der Waals surface area contributed by atoms with Crippen LogP contribution >= 0.6 is 0 Å². The topological polar surface area (TPSA) is 49.4 Å². The number of fused-ring (bicyclic) bond motifs is 1. The Labute approximate surface area is 152 Å². The van der Waals surface area contributed by atoms with Gasteiger partial charge in [-0.1, -0.05) is 48.5 Å². The van der Waals surface area contributed by atoms with Crippen LogP contribution in [0.1, 0.15) is 12.0 Å². The maximum Gasteiger partial charge on any atom is 0.229 e. The number of nitrogens with one attached hydrogen (secondary N) is 1. The average molecular weight is 344 g/mol. The van der Waals surface area contributed by atoms with E-state index in [1.54, 1.807) is 4.90 Å². The second kappa shape index (κ2) is 6.64. The molecule has 4 nitrogen and oxygen atoms in total. The molecule has 1 N–H and O–H groups in total. The van der Waals surface area contributed by atoms with Gasteiger partial charge in [-0.15, -0.1) is 0 Å². The number of rotatable bonds is 3. The highest BCUT2D eigenvalue weighted by Gasteiger charge is 2.35. The number of benzene rings is 3. The number of hydrogen-bond donors (Lipinski definition) is 1. The molecule has 1 heterocycles. The summed E-state index contributed by atoms with van der Waals surface area (Å²) in [6, 6.07) is 21.6. The standard InChI is InChI=1S/C22H20N2O2/c1-15-6-4-9-18(12-15)23-22(26)17-13-21(25)24(14-17)20-11-5-8-16-7-2-3-10-19(16)20/h2-12,17H,13-14H2,1H3,(H,23,26). The summed E-state index contributed by atoms with van der Waals surface area (Å²) in [6.45, 7) is 2.39. The van der Waals surface area contributed by atoms with Gasteiger partial charge in [-0.25, -0.2) is 0 Å². The predicted octanol–water partition coefficient (Wildman–Crippen LogP) is 4.14. The molecule has 1 unspecified atom stereocenters. The van der Waals surface area contributed by atoms with E-state index in [0.717, 1.165) is 27.7 Å².